The van der Waals surface area contributed by atoms with Gasteiger partial charge in [-0.25, -0.2) is 4.39 Å². The first-order valence-corrected chi connectivity index (χ1v) is 5.63. The first-order chi connectivity index (χ1) is 9.22. The molecular formula is C14H9FN4. The average Bonchev–Trinajstić information content (AvgIpc) is 2.89. The fraction of sp³-hybridized carbons (Fsp3) is 0. The summed E-state index contributed by atoms with van der Waals surface area (Å²) in [5.41, 5.74) is 8.03. The number of aromatic amines is 1. The van der Waals surface area contributed by atoms with Crippen LogP contribution in [0.1, 0.15) is 5.56 Å². The van der Waals surface area contributed by atoms with Gasteiger partial charge in [0.2, 0.25) is 0 Å². The van der Waals surface area contributed by atoms with Crippen molar-refractivity contribution in [3.05, 3.63) is 47.9 Å². The molecule has 1 heterocycles. The number of rotatable bonds is 1. The number of H-pyrrole nitrogens is 1. The summed E-state index contributed by atoms with van der Waals surface area (Å²) in [5, 5.41) is 16.6. The molecule has 19 heavy (non-hydrogen) atoms. The van der Waals surface area contributed by atoms with E-state index in [0.717, 1.165) is 0 Å². The maximum absolute atomic E-state index is 13.9. The molecule has 3 aromatic rings. The fourth-order valence-corrected chi connectivity index (χ4v) is 2.15. The largest absolute Gasteiger partial charge is 0.397 e. The van der Waals surface area contributed by atoms with Gasteiger partial charge in [0, 0.05) is 22.7 Å². The van der Waals surface area contributed by atoms with Gasteiger partial charge in [-0.2, -0.15) is 10.4 Å². The van der Waals surface area contributed by atoms with Gasteiger partial charge in [0.15, 0.2) is 0 Å². The first-order valence-electron chi connectivity index (χ1n) is 5.63. The Labute approximate surface area is 108 Å². The quantitative estimate of drug-likeness (QED) is 0.653. The normalized spacial score (nSPS) is 10.5. The van der Waals surface area contributed by atoms with Crippen molar-refractivity contribution in [1.29, 1.82) is 5.26 Å². The molecule has 0 spiro atoms. The second-order valence-electron chi connectivity index (χ2n) is 4.13. The van der Waals surface area contributed by atoms with Gasteiger partial charge in [0.05, 0.1) is 11.3 Å². The molecule has 0 fully saturated rings. The van der Waals surface area contributed by atoms with Crippen LogP contribution in [0.2, 0.25) is 0 Å². The lowest BCUT2D eigenvalue weighted by atomic mass is 9.96. The number of nitriles is 1. The lowest BCUT2D eigenvalue weighted by Crippen LogP contribution is -1.94. The van der Waals surface area contributed by atoms with Gasteiger partial charge < -0.3 is 5.73 Å². The van der Waals surface area contributed by atoms with Crippen LogP contribution in [-0.4, -0.2) is 10.2 Å². The zero-order valence-electron chi connectivity index (χ0n) is 9.81. The van der Waals surface area contributed by atoms with E-state index in [4.69, 9.17) is 5.73 Å². The number of nitrogens with two attached hydrogens (primary N) is 1. The predicted octanol–water partition coefficient (Wildman–Crippen LogP) is 2.82. The summed E-state index contributed by atoms with van der Waals surface area (Å²) < 4.78 is 13.9. The van der Waals surface area contributed by atoms with Gasteiger partial charge in [-0.1, -0.05) is 18.2 Å². The molecule has 0 aliphatic rings. The molecule has 2 aromatic carbocycles. The molecule has 0 amide bonds. The second-order valence-corrected chi connectivity index (χ2v) is 4.13. The maximum atomic E-state index is 13.9. The Balaban J connectivity index is 2.42. The van der Waals surface area contributed by atoms with Crippen molar-refractivity contribution in [1.82, 2.24) is 10.2 Å². The van der Waals surface area contributed by atoms with Gasteiger partial charge in [-0.15, -0.1) is 0 Å². The Morgan fingerprint density at radius 1 is 1.26 bits per heavy atom. The van der Waals surface area contributed by atoms with Crippen LogP contribution in [0.25, 0.3) is 22.0 Å². The Morgan fingerprint density at radius 2 is 2.05 bits per heavy atom. The van der Waals surface area contributed by atoms with Crippen molar-refractivity contribution in [3.8, 4) is 17.2 Å². The molecular weight excluding hydrogens is 243 g/mol. The second kappa shape index (κ2) is 4.10. The van der Waals surface area contributed by atoms with Crippen LogP contribution < -0.4 is 5.73 Å². The molecule has 0 bridgehead atoms. The molecule has 5 heteroatoms. The third kappa shape index (κ3) is 1.62. The summed E-state index contributed by atoms with van der Waals surface area (Å²) in [5.74, 6) is -0.388. The Bertz CT molecular complexity index is 814. The summed E-state index contributed by atoms with van der Waals surface area (Å²) in [7, 11) is 0. The summed E-state index contributed by atoms with van der Waals surface area (Å²) in [6.45, 7) is 0. The smallest absolute Gasteiger partial charge is 0.131 e. The van der Waals surface area contributed by atoms with Gasteiger partial charge in [0.1, 0.15) is 17.4 Å². The molecule has 3 rings (SSSR count). The number of hydrogen-bond acceptors (Lipinski definition) is 3. The van der Waals surface area contributed by atoms with E-state index in [2.05, 4.69) is 16.3 Å². The average molecular weight is 252 g/mol. The van der Waals surface area contributed by atoms with Gasteiger partial charge in [0.25, 0.3) is 0 Å². The van der Waals surface area contributed by atoms with Gasteiger partial charge in [-0.05, 0) is 12.1 Å². The molecule has 4 nitrogen and oxygen atoms in total. The van der Waals surface area contributed by atoms with E-state index in [1.807, 2.05) is 0 Å². The summed E-state index contributed by atoms with van der Waals surface area (Å²) in [6.07, 6.45) is 1.59. The number of anilines is 1. The maximum Gasteiger partial charge on any atom is 0.131 e. The summed E-state index contributed by atoms with van der Waals surface area (Å²) in [6, 6.07) is 9.97. The highest BCUT2D eigenvalue weighted by Crippen LogP contribution is 2.33. The predicted molar refractivity (Wildman–Crippen MR) is 70.6 cm³/mol. The number of nitrogens with zero attached hydrogens (tertiary/aromatic N) is 2. The van der Waals surface area contributed by atoms with E-state index < -0.39 is 0 Å². The molecule has 0 saturated carbocycles. The molecule has 0 atom stereocenters. The minimum absolute atomic E-state index is 0.355. The minimum atomic E-state index is -0.388. The van der Waals surface area contributed by atoms with Crippen LogP contribution in [0.4, 0.5) is 10.1 Å². The van der Waals surface area contributed by atoms with E-state index in [-0.39, 0.29) is 5.82 Å². The van der Waals surface area contributed by atoms with Crippen molar-refractivity contribution < 1.29 is 4.39 Å². The van der Waals surface area contributed by atoms with E-state index in [0.29, 0.717) is 33.3 Å². The van der Waals surface area contributed by atoms with Crippen LogP contribution in [-0.2, 0) is 0 Å². The van der Waals surface area contributed by atoms with Gasteiger partial charge in [-0.3, -0.25) is 5.10 Å². The number of aromatic nitrogens is 2. The Hall–Kier alpha value is -2.87. The third-order valence-electron chi connectivity index (χ3n) is 3.03. The molecule has 0 radical (unpaired) electrons. The Kier molecular flexibility index (Phi) is 2.43. The zero-order valence-corrected chi connectivity index (χ0v) is 9.81. The fourth-order valence-electron chi connectivity index (χ4n) is 2.15. The molecule has 0 saturated heterocycles. The van der Waals surface area contributed by atoms with E-state index in [1.54, 1.807) is 30.5 Å². The van der Waals surface area contributed by atoms with Crippen LogP contribution in [0.3, 0.4) is 0 Å². The SMILES string of the molecule is N#Cc1c(-c2ccccc2F)cc(N)c2n[nH]cc12. The lowest BCUT2D eigenvalue weighted by Gasteiger charge is -2.08. The lowest BCUT2D eigenvalue weighted by molar-refractivity contribution is 0.631. The van der Waals surface area contributed by atoms with Crippen LogP contribution in [0, 0.1) is 17.1 Å². The monoisotopic (exact) mass is 252 g/mol. The first kappa shape index (κ1) is 11.2. The van der Waals surface area contributed by atoms with Crippen molar-refractivity contribution in [2.75, 3.05) is 5.73 Å². The zero-order chi connectivity index (χ0) is 13.4. The number of nitrogen functional groups attached to an aromatic ring is 1. The summed E-state index contributed by atoms with van der Waals surface area (Å²) in [4.78, 5) is 0. The molecule has 3 N–H and O–H groups in total. The Morgan fingerprint density at radius 3 is 2.79 bits per heavy atom. The third-order valence-corrected chi connectivity index (χ3v) is 3.03. The minimum Gasteiger partial charge on any atom is -0.397 e. The molecule has 0 aliphatic heterocycles. The molecule has 0 aliphatic carbocycles. The topological polar surface area (TPSA) is 78.5 Å². The van der Waals surface area contributed by atoms with Crippen LogP contribution >= 0.6 is 0 Å². The molecule has 0 unspecified atom stereocenters. The highest BCUT2D eigenvalue weighted by atomic mass is 19.1. The number of benzene rings is 2. The highest BCUT2D eigenvalue weighted by molar-refractivity contribution is 5.99. The van der Waals surface area contributed by atoms with Crippen molar-refractivity contribution in [2.45, 2.75) is 0 Å². The van der Waals surface area contributed by atoms with E-state index in [1.165, 1.54) is 6.07 Å². The van der Waals surface area contributed by atoms with Crippen LogP contribution in [0.15, 0.2) is 36.5 Å². The number of nitrogens with one attached hydrogen (secondary N) is 1. The van der Waals surface area contributed by atoms with Crippen LogP contribution in [0.5, 0.6) is 0 Å². The van der Waals surface area contributed by atoms with Gasteiger partial charge >= 0.3 is 0 Å². The molecule has 1 aromatic heterocycles. The number of fused-ring (bicyclic) bond motifs is 1. The standard InChI is InChI=1S/C14H9FN4/c15-12-4-2-1-3-8(12)9-5-13(17)14-11(7-18-19-14)10(9)6-16/h1-5,7H,17H2,(H,18,19). The summed E-state index contributed by atoms with van der Waals surface area (Å²) >= 11 is 0. The van der Waals surface area contributed by atoms with Crippen molar-refractivity contribution in [2.24, 2.45) is 0 Å². The number of hydrogen-bond donors (Lipinski definition) is 2. The molecule has 92 valence electrons. The highest BCUT2D eigenvalue weighted by Gasteiger charge is 2.16. The van der Waals surface area contributed by atoms with E-state index >= 15 is 0 Å². The number of halogens is 1. The van der Waals surface area contributed by atoms with E-state index in [9.17, 15) is 9.65 Å². The van der Waals surface area contributed by atoms with Crippen molar-refractivity contribution in [3.63, 3.8) is 0 Å². The van der Waals surface area contributed by atoms with Crippen molar-refractivity contribution >= 4 is 16.6 Å².